The van der Waals surface area contributed by atoms with Crippen LogP contribution in [0.25, 0.3) is 0 Å². The maximum Gasteiger partial charge on any atom is 0.410 e. The fraction of sp³-hybridized carbons (Fsp3) is 0.500. The van der Waals surface area contributed by atoms with Gasteiger partial charge in [-0.3, -0.25) is 4.79 Å². The number of ether oxygens (including phenoxy) is 1. The molecule has 1 amide bonds. The van der Waals surface area contributed by atoms with Crippen molar-refractivity contribution in [1.29, 1.82) is 0 Å². The monoisotopic (exact) mass is 289 g/mol. The number of nitrogens with zero attached hydrogens (tertiary/aromatic N) is 1. The molecule has 3 rings (SSSR count). The Bertz CT molecular complexity index is 544. The quantitative estimate of drug-likeness (QED) is 0.928. The van der Waals surface area contributed by atoms with Crippen molar-refractivity contribution in [3.63, 3.8) is 0 Å². The molecular weight excluding hydrogens is 270 g/mol. The molecule has 0 aromatic heterocycles. The summed E-state index contributed by atoms with van der Waals surface area (Å²) < 4.78 is 5.32. The Balaban J connectivity index is 1.55. The van der Waals surface area contributed by atoms with Crippen LogP contribution >= 0.6 is 0 Å². The molecule has 2 aliphatic rings. The first-order valence-corrected chi connectivity index (χ1v) is 7.29. The molecule has 2 fully saturated rings. The number of piperidine rings is 1. The fourth-order valence-electron chi connectivity index (χ4n) is 3.27. The minimum atomic E-state index is -0.741. The van der Waals surface area contributed by atoms with Crippen LogP contribution in [0.1, 0.15) is 24.8 Å². The van der Waals surface area contributed by atoms with E-state index in [1.807, 2.05) is 30.3 Å². The summed E-state index contributed by atoms with van der Waals surface area (Å²) in [6, 6.07) is 9.54. The summed E-state index contributed by atoms with van der Waals surface area (Å²) in [7, 11) is 0. The van der Waals surface area contributed by atoms with E-state index in [-0.39, 0.29) is 24.0 Å². The van der Waals surface area contributed by atoms with E-state index in [0.29, 0.717) is 19.5 Å². The molecule has 1 saturated carbocycles. The van der Waals surface area contributed by atoms with Gasteiger partial charge in [-0.15, -0.1) is 0 Å². The van der Waals surface area contributed by atoms with Crippen molar-refractivity contribution in [2.45, 2.75) is 25.9 Å². The molecule has 1 aromatic carbocycles. The number of likely N-dealkylation sites (tertiary alicyclic amines) is 1. The summed E-state index contributed by atoms with van der Waals surface area (Å²) in [5.74, 6) is -1.03. The lowest BCUT2D eigenvalue weighted by Crippen LogP contribution is -2.42. The maximum absolute atomic E-state index is 12.1. The Hall–Kier alpha value is -2.04. The number of carboxylic acids is 1. The standard InChI is InChI=1S/C16H19NO4/c18-14(19)13-9-16(13)7-4-8-17(11-16)15(20)21-10-12-5-2-1-3-6-12/h1-3,5-6,13H,4,7-11H2,(H,18,19)/t13-,16?/m1/s1. The van der Waals surface area contributed by atoms with Crippen molar-refractivity contribution in [3.05, 3.63) is 35.9 Å². The predicted octanol–water partition coefficient (Wildman–Crippen LogP) is 2.51. The summed E-state index contributed by atoms with van der Waals surface area (Å²) in [6.45, 7) is 1.42. The van der Waals surface area contributed by atoms with Gasteiger partial charge in [0.15, 0.2) is 0 Å². The number of carbonyl (C=O) groups is 2. The van der Waals surface area contributed by atoms with Crippen molar-refractivity contribution in [3.8, 4) is 0 Å². The SMILES string of the molecule is O=C(O)[C@H]1CC12CCCN(C(=O)OCc1ccccc1)C2. The molecule has 112 valence electrons. The number of carbonyl (C=O) groups excluding carboxylic acids is 1. The highest BCUT2D eigenvalue weighted by Gasteiger charge is 2.60. The summed E-state index contributed by atoms with van der Waals surface area (Å²) in [5.41, 5.74) is 0.753. The molecule has 5 nitrogen and oxygen atoms in total. The van der Waals surface area contributed by atoms with Crippen LogP contribution in [0.3, 0.4) is 0 Å². The molecule has 1 unspecified atom stereocenters. The number of rotatable bonds is 3. The van der Waals surface area contributed by atoms with Crippen LogP contribution in [0.5, 0.6) is 0 Å². The zero-order valence-corrected chi connectivity index (χ0v) is 11.8. The van der Waals surface area contributed by atoms with Crippen LogP contribution in [0, 0.1) is 11.3 Å². The van der Waals surface area contributed by atoms with Crippen molar-refractivity contribution in [2.24, 2.45) is 11.3 Å². The molecule has 1 aliphatic heterocycles. The Morgan fingerprint density at radius 3 is 2.76 bits per heavy atom. The third kappa shape index (κ3) is 2.86. The fourth-order valence-corrected chi connectivity index (χ4v) is 3.27. The van der Waals surface area contributed by atoms with Gasteiger partial charge in [0.25, 0.3) is 0 Å². The van der Waals surface area contributed by atoms with Gasteiger partial charge in [-0.2, -0.15) is 0 Å². The lowest BCUT2D eigenvalue weighted by Gasteiger charge is -2.32. The molecule has 1 saturated heterocycles. The molecule has 1 aliphatic carbocycles. The number of hydrogen-bond donors (Lipinski definition) is 1. The number of amides is 1. The van der Waals surface area contributed by atoms with Gasteiger partial charge in [-0.05, 0) is 24.8 Å². The summed E-state index contributed by atoms with van der Waals surface area (Å²) in [6.07, 6.45) is 2.09. The van der Waals surface area contributed by atoms with Crippen LogP contribution < -0.4 is 0 Å². The number of hydrogen-bond acceptors (Lipinski definition) is 3. The number of benzene rings is 1. The van der Waals surface area contributed by atoms with Gasteiger partial charge in [0.05, 0.1) is 5.92 Å². The molecule has 0 bridgehead atoms. The van der Waals surface area contributed by atoms with Crippen molar-refractivity contribution in [1.82, 2.24) is 4.90 Å². The second-order valence-electron chi connectivity index (χ2n) is 6.02. The highest BCUT2D eigenvalue weighted by atomic mass is 16.6. The van der Waals surface area contributed by atoms with Crippen LogP contribution in [-0.4, -0.2) is 35.2 Å². The smallest absolute Gasteiger partial charge is 0.410 e. The molecule has 1 spiro atoms. The minimum absolute atomic E-state index is 0.199. The predicted molar refractivity (Wildman–Crippen MR) is 75.6 cm³/mol. The van der Waals surface area contributed by atoms with Crippen LogP contribution in [-0.2, 0) is 16.1 Å². The molecule has 1 N–H and O–H groups in total. The van der Waals surface area contributed by atoms with E-state index >= 15 is 0 Å². The molecule has 0 radical (unpaired) electrons. The first-order valence-electron chi connectivity index (χ1n) is 7.29. The average Bonchev–Trinajstić information content (AvgIpc) is 3.19. The number of carboxylic acid groups (broad SMARTS) is 1. The van der Waals surface area contributed by atoms with E-state index in [9.17, 15) is 9.59 Å². The van der Waals surface area contributed by atoms with Crippen molar-refractivity contribution in [2.75, 3.05) is 13.1 Å². The van der Waals surface area contributed by atoms with Crippen molar-refractivity contribution >= 4 is 12.1 Å². The Morgan fingerprint density at radius 1 is 1.33 bits per heavy atom. The van der Waals surface area contributed by atoms with Crippen LogP contribution in [0.15, 0.2) is 30.3 Å². The highest BCUT2D eigenvalue weighted by Crippen LogP contribution is 2.57. The molecule has 5 heteroatoms. The van der Waals surface area contributed by atoms with E-state index < -0.39 is 5.97 Å². The second-order valence-corrected chi connectivity index (χ2v) is 6.02. The zero-order valence-electron chi connectivity index (χ0n) is 11.8. The number of aliphatic carboxylic acids is 1. The van der Waals surface area contributed by atoms with Crippen LogP contribution in [0.4, 0.5) is 4.79 Å². The first-order chi connectivity index (χ1) is 10.1. The van der Waals surface area contributed by atoms with Gasteiger partial charge >= 0.3 is 12.1 Å². The Kier molecular flexibility index (Phi) is 3.57. The van der Waals surface area contributed by atoms with E-state index in [0.717, 1.165) is 18.4 Å². The summed E-state index contributed by atoms with van der Waals surface area (Å²) in [4.78, 5) is 24.9. The molecular formula is C16H19NO4. The molecule has 1 aromatic rings. The third-order valence-electron chi connectivity index (χ3n) is 4.56. The van der Waals surface area contributed by atoms with Crippen molar-refractivity contribution < 1.29 is 19.4 Å². The molecule has 21 heavy (non-hydrogen) atoms. The zero-order chi connectivity index (χ0) is 14.9. The third-order valence-corrected chi connectivity index (χ3v) is 4.56. The lowest BCUT2D eigenvalue weighted by molar-refractivity contribution is -0.139. The van der Waals surface area contributed by atoms with Gasteiger partial charge < -0.3 is 14.7 Å². The lowest BCUT2D eigenvalue weighted by atomic mass is 9.92. The van der Waals surface area contributed by atoms with Crippen LogP contribution in [0.2, 0.25) is 0 Å². The van der Waals surface area contributed by atoms with E-state index in [1.165, 1.54) is 0 Å². The minimum Gasteiger partial charge on any atom is -0.481 e. The van der Waals surface area contributed by atoms with E-state index in [1.54, 1.807) is 4.90 Å². The largest absolute Gasteiger partial charge is 0.481 e. The topological polar surface area (TPSA) is 66.8 Å². The summed E-state index contributed by atoms with van der Waals surface area (Å²) in [5, 5.41) is 9.11. The summed E-state index contributed by atoms with van der Waals surface area (Å²) >= 11 is 0. The van der Waals surface area contributed by atoms with E-state index in [4.69, 9.17) is 9.84 Å². The maximum atomic E-state index is 12.1. The van der Waals surface area contributed by atoms with E-state index in [2.05, 4.69) is 0 Å². The second kappa shape index (κ2) is 5.39. The van der Waals surface area contributed by atoms with Gasteiger partial charge in [0.1, 0.15) is 6.61 Å². The Labute approximate surface area is 123 Å². The molecule has 2 atom stereocenters. The molecule has 1 heterocycles. The average molecular weight is 289 g/mol. The highest BCUT2D eigenvalue weighted by molar-refractivity contribution is 5.75. The van der Waals surface area contributed by atoms with Gasteiger partial charge in [0.2, 0.25) is 0 Å². The first kappa shape index (κ1) is 13.9. The van der Waals surface area contributed by atoms with Gasteiger partial charge in [0, 0.05) is 18.5 Å². The van der Waals surface area contributed by atoms with Gasteiger partial charge in [-0.25, -0.2) is 4.79 Å². The Morgan fingerprint density at radius 2 is 2.10 bits per heavy atom. The normalized spacial score (nSPS) is 27.4. The van der Waals surface area contributed by atoms with Gasteiger partial charge in [-0.1, -0.05) is 30.3 Å².